The van der Waals surface area contributed by atoms with Crippen LogP contribution in [-0.2, 0) is 30.5 Å². The number of hydrogen-bond donors (Lipinski definition) is 2. The number of unbranched alkanes of at least 4 members (excludes halogenated alkanes) is 1. The molecular formula is C30H36F2N6O8S. The SMILES string of the molecule is CCCCC(NC(=O)[C@H](CCOS(=O)Cc1ccccc1OC(F)F)NC(=O)N1CCOCC1)C(=O)c1nnc(-c2ccncc2)o1. The Bertz CT molecular complexity index is 1490. The Morgan fingerprint density at radius 1 is 1.02 bits per heavy atom. The van der Waals surface area contributed by atoms with Crippen molar-refractivity contribution in [2.75, 3.05) is 32.9 Å². The highest BCUT2D eigenvalue weighted by Crippen LogP contribution is 2.22. The lowest BCUT2D eigenvalue weighted by atomic mass is 10.0. The molecule has 2 N–H and O–H groups in total. The predicted octanol–water partition coefficient (Wildman–Crippen LogP) is 3.27. The molecule has 17 heteroatoms. The van der Waals surface area contributed by atoms with E-state index in [1.54, 1.807) is 18.2 Å². The summed E-state index contributed by atoms with van der Waals surface area (Å²) in [6, 6.07) is 6.41. The van der Waals surface area contributed by atoms with Crippen LogP contribution in [-0.4, -0.2) is 93.6 Å². The van der Waals surface area contributed by atoms with Crippen LogP contribution in [0.2, 0.25) is 0 Å². The van der Waals surface area contributed by atoms with Crippen molar-refractivity contribution in [2.24, 2.45) is 0 Å². The van der Waals surface area contributed by atoms with Crippen molar-refractivity contribution in [3.05, 3.63) is 60.2 Å². The first-order chi connectivity index (χ1) is 22.7. The normalized spacial score (nSPS) is 15.1. The van der Waals surface area contributed by atoms with E-state index in [4.69, 9.17) is 13.3 Å². The maximum atomic E-state index is 13.6. The van der Waals surface area contributed by atoms with Gasteiger partial charge in [-0.3, -0.25) is 18.8 Å². The number of carbonyl (C=O) groups is 3. The number of Topliss-reactive ketones (excluding diaryl/α,β-unsaturated/α-hetero) is 1. The van der Waals surface area contributed by atoms with Crippen LogP contribution in [0, 0.1) is 0 Å². The number of morpholine rings is 1. The number of alkyl halides is 2. The second-order valence-electron chi connectivity index (χ2n) is 10.4. The number of amides is 3. The van der Waals surface area contributed by atoms with Crippen LogP contribution in [0.4, 0.5) is 13.6 Å². The third-order valence-electron chi connectivity index (χ3n) is 7.04. The molecule has 0 aliphatic carbocycles. The summed E-state index contributed by atoms with van der Waals surface area (Å²) in [7, 11) is 0. The number of benzene rings is 1. The first kappa shape index (κ1) is 35.5. The number of carbonyl (C=O) groups excluding carboxylic acids is 3. The molecule has 4 rings (SSSR count). The molecule has 47 heavy (non-hydrogen) atoms. The van der Waals surface area contributed by atoms with E-state index < -0.39 is 47.5 Å². The van der Waals surface area contributed by atoms with Crippen molar-refractivity contribution in [1.82, 2.24) is 30.7 Å². The molecule has 1 fully saturated rings. The van der Waals surface area contributed by atoms with E-state index in [9.17, 15) is 27.4 Å². The minimum absolute atomic E-state index is 0.112. The van der Waals surface area contributed by atoms with Crippen LogP contribution in [0.5, 0.6) is 5.75 Å². The summed E-state index contributed by atoms with van der Waals surface area (Å²) < 4.78 is 59.0. The number of hydrogen-bond acceptors (Lipinski definition) is 11. The van der Waals surface area contributed by atoms with E-state index >= 15 is 0 Å². The van der Waals surface area contributed by atoms with E-state index in [1.165, 1.54) is 35.5 Å². The first-order valence-electron chi connectivity index (χ1n) is 15.0. The highest BCUT2D eigenvalue weighted by molar-refractivity contribution is 7.79. The zero-order chi connectivity index (χ0) is 33.6. The summed E-state index contributed by atoms with van der Waals surface area (Å²) >= 11 is -1.99. The number of rotatable bonds is 17. The van der Waals surface area contributed by atoms with Gasteiger partial charge in [0.25, 0.3) is 5.89 Å². The van der Waals surface area contributed by atoms with E-state index in [0.29, 0.717) is 38.3 Å². The Labute approximate surface area is 272 Å². The minimum Gasteiger partial charge on any atom is -0.435 e. The molecule has 14 nitrogen and oxygen atoms in total. The number of nitrogens with zero attached hydrogens (tertiary/aromatic N) is 4. The number of pyridine rings is 1. The molecule has 3 heterocycles. The van der Waals surface area contributed by atoms with Gasteiger partial charge in [-0.1, -0.05) is 38.0 Å². The Balaban J connectivity index is 1.43. The fraction of sp³-hybridized carbons (Fsp3) is 0.467. The van der Waals surface area contributed by atoms with Gasteiger partial charge >= 0.3 is 12.6 Å². The minimum atomic E-state index is -3.06. The monoisotopic (exact) mass is 678 g/mol. The van der Waals surface area contributed by atoms with Crippen LogP contribution < -0.4 is 15.4 Å². The van der Waals surface area contributed by atoms with E-state index in [2.05, 4.69) is 30.6 Å². The van der Waals surface area contributed by atoms with Gasteiger partial charge in [-0.25, -0.2) is 9.00 Å². The van der Waals surface area contributed by atoms with Crippen molar-refractivity contribution >= 4 is 28.8 Å². The Hall–Kier alpha value is -4.35. The number of halogens is 2. The van der Waals surface area contributed by atoms with Gasteiger partial charge < -0.3 is 29.4 Å². The molecule has 3 atom stereocenters. The van der Waals surface area contributed by atoms with Gasteiger partial charge in [-0.05, 0) is 24.6 Å². The van der Waals surface area contributed by atoms with E-state index in [1.807, 2.05) is 6.92 Å². The quantitative estimate of drug-likeness (QED) is 0.201. The van der Waals surface area contributed by atoms with Gasteiger partial charge in [0.15, 0.2) is 11.1 Å². The van der Waals surface area contributed by atoms with E-state index in [-0.39, 0.29) is 48.3 Å². The summed E-state index contributed by atoms with van der Waals surface area (Å²) in [5.41, 5.74) is 0.806. The molecule has 0 saturated carbocycles. The van der Waals surface area contributed by atoms with Crippen LogP contribution in [0.15, 0.2) is 53.2 Å². The lowest BCUT2D eigenvalue weighted by Gasteiger charge is -2.29. The number of nitrogens with one attached hydrogen (secondary N) is 2. The van der Waals surface area contributed by atoms with Gasteiger partial charge in [0.2, 0.25) is 17.6 Å². The van der Waals surface area contributed by atoms with Crippen LogP contribution in [0.3, 0.4) is 0 Å². The molecule has 2 unspecified atom stereocenters. The van der Waals surface area contributed by atoms with Gasteiger partial charge in [0.1, 0.15) is 11.8 Å². The number of urea groups is 1. The second-order valence-corrected chi connectivity index (χ2v) is 11.5. The smallest absolute Gasteiger partial charge is 0.387 e. The molecule has 0 bridgehead atoms. The zero-order valence-electron chi connectivity index (χ0n) is 25.6. The van der Waals surface area contributed by atoms with Crippen LogP contribution in [0.1, 0.15) is 48.9 Å². The summed E-state index contributed by atoms with van der Waals surface area (Å²) in [5, 5.41) is 13.2. The summed E-state index contributed by atoms with van der Waals surface area (Å²) in [4.78, 5) is 45.5. The van der Waals surface area contributed by atoms with Crippen molar-refractivity contribution in [3.8, 4) is 17.2 Å². The second kappa shape index (κ2) is 18.1. The Morgan fingerprint density at radius 3 is 2.49 bits per heavy atom. The van der Waals surface area contributed by atoms with E-state index in [0.717, 1.165) is 6.42 Å². The van der Waals surface area contributed by atoms with Crippen LogP contribution >= 0.6 is 0 Å². The third kappa shape index (κ3) is 10.9. The maximum absolute atomic E-state index is 13.6. The fourth-order valence-electron chi connectivity index (χ4n) is 4.57. The highest BCUT2D eigenvalue weighted by Gasteiger charge is 2.31. The molecule has 1 aliphatic rings. The number of para-hydroxylation sites is 1. The number of ether oxygens (including phenoxy) is 2. The van der Waals surface area contributed by atoms with Gasteiger partial charge in [0, 0.05) is 43.0 Å². The molecule has 1 aromatic carbocycles. The lowest BCUT2D eigenvalue weighted by Crippen LogP contribution is -2.55. The predicted molar refractivity (Wildman–Crippen MR) is 164 cm³/mol. The van der Waals surface area contributed by atoms with Crippen molar-refractivity contribution in [1.29, 1.82) is 0 Å². The topological polar surface area (TPSA) is 175 Å². The number of aromatic nitrogens is 3. The zero-order valence-corrected chi connectivity index (χ0v) is 26.5. The maximum Gasteiger partial charge on any atom is 0.387 e. The average Bonchev–Trinajstić information content (AvgIpc) is 3.58. The van der Waals surface area contributed by atoms with Gasteiger partial charge in [0.05, 0.1) is 31.6 Å². The molecule has 3 aromatic rings. The lowest BCUT2D eigenvalue weighted by molar-refractivity contribution is -0.123. The van der Waals surface area contributed by atoms with Crippen LogP contribution in [0.25, 0.3) is 11.5 Å². The van der Waals surface area contributed by atoms with Gasteiger partial charge in [-0.2, -0.15) is 8.78 Å². The van der Waals surface area contributed by atoms with Crippen molar-refractivity contribution in [3.63, 3.8) is 0 Å². The average molecular weight is 679 g/mol. The van der Waals surface area contributed by atoms with Gasteiger partial charge in [-0.15, -0.1) is 10.2 Å². The number of ketones is 1. The molecule has 1 saturated heterocycles. The molecule has 1 aliphatic heterocycles. The molecule has 0 radical (unpaired) electrons. The summed E-state index contributed by atoms with van der Waals surface area (Å²) in [5.74, 6) is -1.84. The molecule has 254 valence electrons. The molecular weight excluding hydrogens is 642 g/mol. The Kier molecular flexibility index (Phi) is 13.7. The van der Waals surface area contributed by atoms with Crippen molar-refractivity contribution in [2.45, 2.75) is 57.1 Å². The Morgan fingerprint density at radius 2 is 1.77 bits per heavy atom. The molecule has 0 spiro atoms. The summed E-state index contributed by atoms with van der Waals surface area (Å²) in [6.45, 7) is -0.0805. The molecule has 3 amide bonds. The fourth-order valence-corrected chi connectivity index (χ4v) is 5.43. The summed E-state index contributed by atoms with van der Waals surface area (Å²) in [6.07, 6.45) is 4.54. The van der Waals surface area contributed by atoms with Crippen molar-refractivity contribution < 1.29 is 45.4 Å². The highest BCUT2D eigenvalue weighted by atomic mass is 32.2. The first-order valence-corrected chi connectivity index (χ1v) is 16.3. The third-order valence-corrected chi connectivity index (χ3v) is 8.01. The standard InChI is InChI=1S/C30H36F2N6O8S/c1-2-3-7-22(25(39)28-37-36-27(46-28)20-9-12-33-13-10-20)34-26(40)23(35-30(41)38-14-17-43-18-15-38)11-16-44-47(42)19-21-6-4-5-8-24(21)45-29(31)32/h4-6,8-10,12-13,22-23,29H,2-3,7,11,14-19H2,1H3,(H,34,40)(H,35,41)/t22?,23-,47?/m0/s1. The largest absolute Gasteiger partial charge is 0.435 e. The molecule has 2 aromatic heterocycles.